The average Bonchev–Trinajstić information content (AvgIpc) is 2.53. The maximum Gasteiger partial charge on any atom is 0.337 e. The van der Waals surface area contributed by atoms with Crippen LogP contribution in [0.5, 0.6) is 0 Å². The van der Waals surface area contributed by atoms with E-state index >= 15 is 0 Å². The Morgan fingerprint density at radius 3 is 2.54 bits per heavy atom. The number of methoxy groups -OCH3 is 1. The molecule has 1 aromatic carbocycles. The molecule has 0 bridgehead atoms. The summed E-state index contributed by atoms with van der Waals surface area (Å²) in [5.41, 5.74) is 1.30. The Kier molecular flexibility index (Phi) is 5.75. The summed E-state index contributed by atoms with van der Waals surface area (Å²) in [6, 6.07) is 7.76. The number of H-pyrrole nitrogens is 1. The van der Waals surface area contributed by atoms with Gasteiger partial charge in [0.2, 0.25) is 5.91 Å². The first-order valence-electron chi connectivity index (χ1n) is 7.13. The van der Waals surface area contributed by atoms with Crippen LogP contribution in [0.15, 0.2) is 40.3 Å². The second kappa shape index (κ2) is 7.78. The van der Waals surface area contributed by atoms with Crippen LogP contribution in [0.1, 0.15) is 23.0 Å². The highest BCUT2D eigenvalue weighted by Gasteiger charge is 2.16. The molecule has 0 fully saturated rings. The number of rotatable bonds is 5. The number of hydrogen-bond donors (Lipinski definition) is 2. The van der Waals surface area contributed by atoms with Gasteiger partial charge in [-0.25, -0.2) is 9.78 Å². The zero-order chi connectivity index (χ0) is 17.7. The van der Waals surface area contributed by atoms with Gasteiger partial charge < -0.3 is 15.0 Å². The van der Waals surface area contributed by atoms with Gasteiger partial charge in [0.05, 0.1) is 17.9 Å². The highest BCUT2D eigenvalue weighted by molar-refractivity contribution is 8.00. The molecule has 7 nitrogen and oxygen atoms in total. The van der Waals surface area contributed by atoms with Gasteiger partial charge >= 0.3 is 5.97 Å². The smallest absolute Gasteiger partial charge is 0.337 e. The van der Waals surface area contributed by atoms with Crippen molar-refractivity contribution in [2.45, 2.75) is 24.3 Å². The molecule has 0 saturated heterocycles. The van der Waals surface area contributed by atoms with Crippen molar-refractivity contribution in [2.24, 2.45) is 0 Å². The van der Waals surface area contributed by atoms with Crippen LogP contribution in [0, 0.1) is 6.92 Å². The van der Waals surface area contributed by atoms with Crippen LogP contribution < -0.4 is 10.9 Å². The van der Waals surface area contributed by atoms with Gasteiger partial charge in [0, 0.05) is 17.4 Å². The molecule has 0 aliphatic carbocycles. The number of thioether (sulfide) groups is 1. The normalized spacial score (nSPS) is 11.6. The lowest BCUT2D eigenvalue weighted by Gasteiger charge is -2.11. The van der Waals surface area contributed by atoms with E-state index in [1.807, 2.05) is 0 Å². The van der Waals surface area contributed by atoms with E-state index in [-0.39, 0.29) is 11.5 Å². The van der Waals surface area contributed by atoms with Crippen molar-refractivity contribution >= 4 is 29.3 Å². The van der Waals surface area contributed by atoms with Gasteiger partial charge in [-0.3, -0.25) is 9.59 Å². The standard InChI is InChI=1S/C16H17N3O4S/c1-9-8-13(20)19-16(17-9)24-10(2)14(21)18-12-6-4-11(5-7-12)15(22)23-3/h4-8,10H,1-3H3,(H,18,21)(H,17,19,20). The maximum absolute atomic E-state index is 12.2. The molecule has 1 aromatic heterocycles. The summed E-state index contributed by atoms with van der Waals surface area (Å²) in [6.07, 6.45) is 0. The van der Waals surface area contributed by atoms with Gasteiger partial charge in [-0.05, 0) is 38.1 Å². The van der Waals surface area contributed by atoms with Crippen molar-refractivity contribution in [3.63, 3.8) is 0 Å². The summed E-state index contributed by atoms with van der Waals surface area (Å²) >= 11 is 1.16. The first-order chi connectivity index (χ1) is 11.4. The predicted molar refractivity (Wildman–Crippen MR) is 91.3 cm³/mol. The van der Waals surface area contributed by atoms with Gasteiger partial charge in [0.15, 0.2) is 5.16 Å². The number of esters is 1. The summed E-state index contributed by atoms with van der Waals surface area (Å²) in [7, 11) is 1.31. The average molecular weight is 347 g/mol. The van der Waals surface area contributed by atoms with Crippen molar-refractivity contribution < 1.29 is 14.3 Å². The van der Waals surface area contributed by atoms with Crippen molar-refractivity contribution in [3.8, 4) is 0 Å². The van der Waals surface area contributed by atoms with Gasteiger partial charge in [-0.15, -0.1) is 0 Å². The van der Waals surface area contributed by atoms with E-state index < -0.39 is 11.2 Å². The molecule has 0 saturated carbocycles. The van der Waals surface area contributed by atoms with Crippen LogP contribution >= 0.6 is 11.8 Å². The van der Waals surface area contributed by atoms with Crippen LogP contribution in [-0.2, 0) is 9.53 Å². The minimum Gasteiger partial charge on any atom is -0.465 e. The molecule has 0 spiro atoms. The minimum atomic E-state index is -0.463. The Morgan fingerprint density at radius 1 is 1.29 bits per heavy atom. The highest BCUT2D eigenvalue weighted by Crippen LogP contribution is 2.20. The number of hydrogen-bond acceptors (Lipinski definition) is 6. The van der Waals surface area contributed by atoms with Crippen molar-refractivity contribution in [1.29, 1.82) is 0 Å². The number of carbonyl (C=O) groups excluding carboxylic acids is 2. The SMILES string of the molecule is COC(=O)c1ccc(NC(=O)C(C)Sc2nc(C)cc(=O)[nH]2)cc1. The van der Waals surface area contributed by atoms with Crippen LogP contribution in [0.3, 0.4) is 0 Å². The number of aryl methyl sites for hydroxylation is 1. The molecular weight excluding hydrogens is 330 g/mol. The quantitative estimate of drug-likeness (QED) is 0.487. The predicted octanol–water partition coefficient (Wildman–Crippen LogP) is 1.98. The third-order valence-corrected chi connectivity index (χ3v) is 4.06. The van der Waals surface area contributed by atoms with Crippen LogP contribution in [0.25, 0.3) is 0 Å². The number of aromatic amines is 1. The number of anilines is 1. The molecule has 1 atom stereocenters. The van der Waals surface area contributed by atoms with Gasteiger partial charge in [0.25, 0.3) is 5.56 Å². The monoisotopic (exact) mass is 347 g/mol. The highest BCUT2D eigenvalue weighted by atomic mass is 32.2. The molecule has 2 aromatic rings. The molecule has 24 heavy (non-hydrogen) atoms. The van der Waals surface area contributed by atoms with E-state index in [9.17, 15) is 14.4 Å². The number of amides is 1. The lowest BCUT2D eigenvalue weighted by molar-refractivity contribution is -0.115. The Labute approximate surface area is 142 Å². The van der Waals surface area contributed by atoms with E-state index in [0.717, 1.165) is 11.8 Å². The number of carbonyl (C=O) groups is 2. The first kappa shape index (κ1) is 17.7. The molecule has 1 heterocycles. The van der Waals surface area contributed by atoms with E-state index in [1.165, 1.54) is 13.2 Å². The van der Waals surface area contributed by atoms with Crippen LogP contribution in [0.4, 0.5) is 5.69 Å². The van der Waals surface area contributed by atoms with Crippen LogP contribution in [0.2, 0.25) is 0 Å². The second-order valence-corrected chi connectivity index (χ2v) is 6.34. The first-order valence-corrected chi connectivity index (χ1v) is 8.01. The molecule has 126 valence electrons. The number of aromatic nitrogens is 2. The summed E-state index contributed by atoms with van der Waals surface area (Å²) in [4.78, 5) is 41.8. The Balaban J connectivity index is 2.00. The molecule has 1 amide bonds. The third-order valence-electron chi connectivity index (χ3n) is 3.08. The summed E-state index contributed by atoms with van der Waals surface area (Å²) in [5, 5.41) is 2.67. The van der Waals surface area contributed by atoms with Gasteiger partial charge in [0.1, 0.15) is 0 Å². The zero-order valence-corrected chi connectivity index (χ0v) is 14.3. The number of ether oxygens (including phenoxy) is 1. The van der Waals surface area contributed by atoms with Gasteiger partial charge in [-0.1, -0.05) is 11.8 Å². The minimum absolute atomic E-state index is 0.241. The molecule has 8 heteroatoms. The maximum atomic E-state index is 12.2. The molecule has 1 unspecified atom stereocenters. The van der Waals surface area contributed by atoms with Crippen molar-refractivity contribution in [1.82, 2.24) is 9.97 Å². The molecule has 2 N–H and O–H groups in total. The van der Waals surface area contributed by atoms with E-state index in [1.54, 1.807) is 38.1 Å². The second-order valence-electron chi connectivity index (χ2n) is 5.01. The molecule has 0 radical (unpaired) electrons. The molecular formula is C16H17N3O4S. The van der Waals surface area contributed by atoms with E-state index in [2.05, 4.69) is 20.0 Å². The Hall–Kier alpha value is -2.61. The lowest BCUT2D eigenvalue weighted by atomic mass is 10.2. The number of nitrogens with one attached hydrogen (secondary N) is 2. The van der Waals surface area contributed by atoms with Crippen molar-refractivity contribution in [2.75, 3.05) is 12.4 Å². The van der Waals surface area contributed by atoms with E-state index in [0.29, 0.717) is 22.1 Å². The largest absolute Gasteiger partial charge is 0.465 e. The zero-order valence-electron chi connectivity index (χ0n) is 13.5. The lowest BCUT2D eigenvalue weighted by Crippen LogP contribution is -2.23. The number of benzene rings is 1. The number of nitrogens with zero attached hydrogens (tertiary/aromatic N) is 1. The molecule has 2 rings (SSSR count). The molecule has 0 aliphatic rings. The fraction of sp³-hybridized carbons (Fsp3) is 0.250. The summed E-state index contributed by atoms with van der Waals surface area (Å²) in [6.45, 7) is 3.43. The third kappa shape index (κ3) is 4.69. The molecule has 0 aliphatic heterocycles. The summed E-state index contributed by atoms with van der Waals surface area (Å²) in [5.74, 6) is -0.679. The van der Waals surface area contributed by atoms with Crippen molar-refractivity contribution in [3.05, 3.63) is 51.9 Å². The Morgan fingerprint density at radius 2 is 1.96 bits per heavy atom. The topological polar surface area (TPSA) is 101 Å². The fourth-order valence-corrected chi connectivity index (χ4v) is 2.74. The Bertz CT molecular complexity index is 802. The fourth-order valence-electron chi connectivity index (χ4n) is 1.88. The van der Waals surface area contributed by atoms with Gasteiger partial charge in [-0.2, -0.15) is 0 Å². The van der Waals surface area contributed by atoms with Crippen LogP contribution in [-0.4, -0.2) is 34.2 Å². The summed E-state index contributed by atoms with van der Waals surface area (Å²) < 4.78 is 4.62. The van der Waals surface area contributed by atoms with E-state index in [4.69, 9.17) is 0 Å².